The molecule has 0 aromatic heterocycles. The summed E-state index contributed by atoms with van der Waals surface area (Å²) in [5.41, 5.74) is 0. The first kappa shape index (κ1) is 17.7. The summed E-state index contributed by atoms with van der Waals surface area (Å²) in [5.74, 6) is -0.0779. The van der Waals surface area contributed by atoms with Crippen molar-refractivity contribution in [1.82, 2.24) is 5.32 Å². The fourth-order valence-electron chi connectivity index (χ4n) is 1.78. The molecule has 4 nitrogen and oxygen atoms in total. The Morgan fingerprint density at radius 3 is 2.55 bits per heavy atom. The van der Waals surface area contributed by atoms with Crippen molar-refractivity contribution >= 4 is 33.0 Å². The van der Waals surface area contributed by atoms with Crippen LogP contribution < -0.4 is 5.32 Å². The van der Waals surface area contributed by atoms with Crippen LogP contribution in [0.3, 0.4) is 0 Å². The molecule has 0 heterocycles. The van der Waals surface area contributed by atoms with E-state index in [4.69, 9.17) is 28.3 Å². The fraction of sp³-hybridized carbons (Fsp3) is 0.538. The lowest BCUT2D eigenvalue weighted by molar-refractivity contribution is 0.269. The predicted molar refractivity (Wildman–Crippen MR) is 82.3 cm³/mol. The van der Waals surface area contributed by atoms with Gasteiger partial charge in [0.25, 0.3) is 0 Å². The molecule has 0 amide bonds. The third-order valence-electron chi connectivity index (χ3n) is 2.83. The molecule has 0 saturated carbocycles. The van der Waals surface area contributed by atoms with Gasteiger partial charge in [0.05, 0.1) is 20.7 Å². The van der Waals surface area contributed by atoms with E-state index in [1.165, 1.54) is 18.2 Å². The van der Waals surface area contributed by atoms with Crippen LogP contribution in [-0.4, -0.2) is 38.5 Å². The minimum Gasteiger partial charge on any atom is -0.396 e. The Morgan fingerprint density at radius 1 is 1.30 bits per heavy atom. The van der Waals surface area contributed by atoms with E-state index in [-0.39, 0.29) is 28.3 Å². The molecule has 20 heavy (non-hydrogen) atoms. The summed E-state index contributed by atoms with van der Waals surface area (Å²) in [6, 6.07) is 3.99. The summed E-state index contributed by atoms with van der Waals surface area (Å²) >= 11 is 11.6. The minimum atomic E-state index is -3.47. The highest BCUT2D eigenvalue weighted by Gasteiger charge is 2.21. The molecule has 1 atom stereocenters. The molecule has 114 valence electrons. The van der Waals surface area contributed by atoms with Crippen LogP contribution in [0.4, 0.5) is 0 Å². The van der Waals surface area contributed by atoms with Crippen LogP contribution in [0.25, 0.3) is 0 Å². The zero-order valence-corrected chi connectivity index (χ0v) is 13.6. The molecular weight excluding hydrogens is 321 g/mol. The molecule has 1 aromatic rings. The Balaban J connectivity index is 2.87. The topological polar surface area (TPSA) is 66.4 Å². The van der Waals surface area contributed by atoms with E-state index < -0.39 is 9.84 Å². The maximum absolute atomic E-state index is 12.3. The van der Waals surface area contributed by atoms with Crippen LogP contribution in [-0.2, 0) is 9.84 Å². The lowest BCUT2D eigenvalue weighted by Crippen LogP contribution is -2.37. The highest BCUT2D eigenvalue weighted by molar-refractivity contribution is 7.91. The highest BCUT2D eigenvalue weighted by atomic mass is 35.5. The Kier molecular flexibility index (Phi) is 7.26. The summed E-state index contributed by atoms with van der Waals surface area (Å²) in [6.07, 6.45) is 1.29. The minimum absolute atomic E-state index is 0.0573. The molecule has 0 radical (unpaired) electrons. The zero-order valence-electron chi connectivity index (χ0n) is 11.3. The fourth-order valence-corrected chi connectivity index (χ4v) is 3.72. The van der Waals surface area contributed by atoms with Crippen molar-refractivity contribution in [3.05, 3.63) is 28.2 Å². The molecule has 0 aliphatic carbocycles. The number of nitrogens with one attached hydrogen (secondary N) is 1. The van der Waals surface area contributed by atoms with Crippen LogP contribution in [0.1, 0.15) is 19.8 Å². The first-order valence-corrected chi connectivity index (χ1v) is 8.83. The smallest absolute Gasteiger partial charge is 0.179 e. The Labute approximate surface area is 130 Å². The molecule has 0 aliphatic heterocycles. The van der Waals surface area contributed by atoms with Crippen LogP contribution in [0.15, 0.2) is 23.1 Å². The normalized spacial score (nSPS) is 13.4. The maximum atomic E-state index is 12.3. The van der Waals surface area contributed by atoms with Gasteiger partial charge < -0.3 is 10.4 Å². The molecule has 1 unspecified atom stereocenters. The first-order valence-electron chi connectivity index (χ1n) is 6.42. The third-order valence-corrected chi connectivity index (χ3v) is 5.38. The molecule has 2 N–H and O–H groups in total. The highest BCUT2D eigenvalue weighted by Crippen LogP contribution is 2.25. The van der Waals surface area contributed by atoms with Crippen LogP contribution in [0.5, 0.6) is 0 Å². The first-order chi connectivity index (χ1) is 9.40. The number of sulfone groups is 1. The van der Waals surface area contributed by atoms with Crippen molar-refractivity contribution in [2.45, 2.75) is 30.7 Å². The molecule has 0 bridgehead atoms. The average molecular weight is 340 g/mol. The Hall–Kier alpha value is -0.330. The lowest BCUT2D eigenvalue weighted by Gasteiger charge is -2.17. The number of hydrogen-bond acceptors (Lipinski definition) is 4. The number of aliphatic hydroxyl groups excluding tert-OH is 1. The summed E-state index contributed by atoms with van der Waals surface area (Å²) < 4.78 is 24.6. The van der Waals surface area contributed by atoms with Gasteiger partial charge in [0.2, 0.25) is 0 Å². The second-order valence-electron chi connectivity index (χ2n) is 4.52. The van der Waals surface area contributed by atoms with Crippen molar-refractivity contribution in [3.63, 3.8) is 0 Å². The van der Waals surface area contributed by atoms with Gasteiger partial charge in [0.1, 0.15) is 0 Å². The van der Waals surface area contributed by atoms with Crippen molar-refractivity contribution in [3.8, 4) is 0 Å². The van der Waals surface area contributed by atoms with E-state index in [9.17, 15) is 8.42 Å². The summed E-state index contributed by atoms with van der Waals surface area (Å²) in [4.78, 5) is 0.146. The molecule has 0 spiro atoms. The van der Waals surface area contributed by atoms with Gasteiger partial charge in [-0.1, -0.05) is 30.1 Å². The van der Waals surface area contributed by atoms with E-state index in [0.29, 0.717) is 18.0 Å². The van der Waals surface area contributed by atoms with Gasteiger partial charge in [-0.15, -0.1) is 0 Å². The SMILES string of the molecule is CCCNC(CCO)CS(=O)(=O)c1ccc(Cl)c(Cl)c1. The number of rotatable bonds is 8. The van der Waals surface area contributed by atoms with E-state index in [1.807, 2.05) is 6.92 Å². The van der Waals surface area contributed by atoms with Crippen molar-refractivity contribution < 1.29 is 13.5 Å². The third kappa shape index (κ3) is 5.22. The van der Waals surface area contributed by atoms with E-state index in [0.717, 1.165) is 6.42 Å². The maximum Gasteiger partial charge on any atom is 0.179 e. The summed E-state index contributed by atoms with van der Waals surface area (Å²) in [6.45, 7) is 2.65. The molecule has 7 heteroatoms. The molecule has 1 rings (SSSR count). The van der Waals surface area contributed by atoms with Crippen molar-refractivity contribution in [2.75, 3.05) is 18.9 Å². The average Bonchev–Trinajstić information content (AvgIpc) is 2.39. The lowest BCUT2D eigenvalue weighted by atomic mass is 10.2. The van der Waals surface area contributed by atoms with Gasteiger partial charge in [-0.25, -0.2) is 8.42 Å². The van der Waals surface area contributed by atoms with Gasteiger partial charge in [-0.2, -0.15) is 0 Å². The largest absolute Gasteiger partial charge is 0.396 e. The second kappa shape index (κ2) is 8.20. The second-order valence-corrected chi connectivity index (χ2v) is 7.37. The van der Waals surface area contributed by atoms with Gasteiger partial charge in [0, 0.05) is 12.6 Å². The molecular formula is C13H19Cl2NO3S. The Bertz CT molecular complexity index is 534. The zero-order chi connectivity index (χ0) is 15.2. The molecule has 1 aromatic carbocycles. The Morgan fingerprint density at radius 2 is 2.00 bits per heavy atom. The van der Waals surface area contributed by atoms with Crippen molar-refractivity contribution in [2.24, 2.45) is 0 Å². The molecule has 0 aliphatic rings. The van der Waals surface area contributed by atoms with Gasteiger partial charge in [-0.3, -0.25) is 0 Å². The van der Waals surface area contributed by atoms with Crippen LogP contribution >= 0.6 is 23.2 Å². The molecule has 0 fully saturated rings. The van der Waals surface area contributed by atoms with E-state index in [1.54, 1.807) is 0 Å². The van der Waals surface area contributed by atoms with Crippen LogP contribution in [0.2, 0.25) is 10.0 Å². The van der Waals surface area contributed by atoms with E-state index >= 15 is 0 Å². The number of hydrogen-bond donors (Lipinski definition) is 2. The number of halogens is 2. The summed E-state index contributed by atoms with van der Waals surface area (Å²) in [7, 11) is -3.47. The van der Waals surface area contributed by atoms with Crippen LogP contribution in [0, 0.1) is 0 Å². The summed E-state index contributed by atoms with van der Waals surface area (Å²) in [5, 5.41) is 12.7. The van der Waals surface area contributed by atoms with Gasteiger partial charge >= 0.3 is 0 Å². The number of benzene rings is 1. The van der Waals surface area contributed by atoms with E-state index in [2.05, 4.69) is 5.32 Å². The number of aliphatic hydroxyl groups is 1. The van der Waals surface area contributed by atoms with Gasteiger partial charge in [0.15, 0.2) is 9.84 Å². The quantitative estimate of drug-likeness (QED) is 0.763. The standard InChI is InChI=1S/C13H19Cl2NO3S/c1-2-6-16-10(5-7-17)9-20(18,19)11-3-4-12(14)13(15)8-11/h3-4,8,10,16-17H,2,5-7,9H2,1H3. The molecule has 0 saturated heterocycles. The van der Waals surface area contributed by atoms with Gasteiger partial charge in [-0.05, 0) is 37.6 Å². The monoisotopic (exact) mass is 339 g/mol. The van der Waals surface area contributed by atoms with Crippen molar-refractivity contribution in [1.29, 1.82) is 0 Å². The predicted octanol–water partition coefficient (Wildman–Crippen LogP) is 2.52.